The average molecular weight is 341 g/mol. The van der Waals surface area contributed by atoms with Crippen LogP contribution in [0.5, 0.6) is 0 Å². The summed E-state index contributed by atoms with van der Waals surface area (Å²) in [7, 11) is 0. The van der Waals surface area contributed by atoms with Gasteiger partial charge in [0.15, 0.2) is 5.96 Å². The van der Waals surface area contributed by atoms with E-state index >= 15 is 0 Å². The molecule has 0 spiro atoms. The summed E-state index contributed by atoms with van der Waals surface area (Å²) in [6.07, 6.45) is 0. The number of anilines is 1. The maximum Gasteiger partial charge on any atom is 0.196 e. The molecule has 3 aromatic carbocycles. The molecule has 3 aromatic rings. The molecule has 0 aromatic heterocycles. The molecule has 1 atom stereocenters. The number of nitrogens with zero attached hydrogens (tertiary/aromatic N) is 1. The lowest BCUT2D eigenvalue weighted by Crippen LogP contribution is -2.30. The van der Waals surface area contributed by atoms with Crippen LogP contribution < -0.4 is 10.6 Å². The topological polar surface area (TPSA) is 36.4 Å². The summed E-state index contributed by atoms with van der Waals surface area (Å²) in [6, 6.07) is 27.6. The number of hydrogen-bond donors (Lipinski definition) is 2. The molecule has 0 fully saturated rings. The summed E-state index contributed by atoms with van der Waals surface area (Å²) >= 11 is 0. The molecule has 3 heteroatoms. The van der Waals surface area contributed by atoms with E-state index in [-0.39, 0.29) is 5.92 Å². The van der Waals surface area contributed by atoms with Gasteiger partial charge in [0, 0.05) is 18.2 Å². The van der Waals surface area contributed by atoms with E-state index in [2.05, 4.69) is 90.4 Å². The Morgan fingerprint density at radius 3 is 2.62 bits per heavy atom. The molecule has 0 saturated carbocycles. The number of nitrogens with one attached hydrogen (secondary N) is 2. The minimum absolute atomic E-state index is 0.259. The van der Waals surface area contributed by atoms with Gasteiger partial charge in [0.25, 0.3) is 0 Å². The van der Waals surface area contributed by atoms with Gasteiger partial charge in [-0.3, -0.25) is 4.99 Å². The van der Waals surface area contributed by atoms with E-state index in [4.69, 9.17) is 4.99 Å². The molecule has 0 bridgehead atoms. The third-order valence-electron chi connectivity index (χ3n) is 4.77. The van der Waals surface area contributed by atoms with Crippen LogP contribution in [-0.2, 0) is 6.54 Å². The summed E-state index contributed by atoms with van der Waals surface area (Å²) in [4.78, 5) is 4.83. The fourth-order valence-electron chi connectivity index (χ4n) is 3.42. The van der Waals surface area contributed by atoms with Gasteiger partial charge in [-0.1, -0.05) is 78.4 Å². The number of rotatable bonds is 3. The number of hydrogen-bond acceptors (Lipinski definition) is 3. The van der Waals surface area contributed by atoms with Crippen molar-refractivity contribution >= 4 is 11.6 Å². The van der Waals surface area contributed by atoms with E-state index < -0.39 is 0 Å². The predicted molar refractivity (Wildman–Crippen MR) is 109 cm³/mol. The Kier molecular flexibility index (Phi) is 4.69. The first-order valence-electron chi connectivity index (χ1n) is 9.04. The number of guanidine groups is 1. The molecule has 0 radical (unpaired) electrons. The second-order valence-corrected chi connectivity index (χ2v) is 6.71. The highest BCUT2D eigenvalue weighted by Crippen LogP contribution is 2.32. The van der Waals surface area contributed by atoms with Crippen molar-refractivity contribution in [3.8, 4) is 0 Å². The van der Waals surface area contributed by atoms with Crippen LogP contribution in [0.25, 0.3) is 0 Å². The molecule has 130 valence electrons. The fourth-order valence-corrected chi connectivity index (χ4v) is 3.42. The van der Waals surface area contributed by atoms with Crippen molar-refractivity contribution < 1.29 is 0 Å². The first kappa shape index (κ1) is 16.4. The number of para-hydroxylation sites is 1. The van der Waals surface area contributed by atoms with Gasteiger partial charge < -0.3 is 10.6 Å². The molecule has 0 amide bonds. The van der Waals surface area contributed by atoms with Crippen LogP contribution >= 0.6 is 0 Å². The largest absolute Gasteiger partial charge is 0.352 e. The molecule has 0 saturated heterocycles. The third kappa shape index (κ3) is 3.62. The van der Waals surface area contributed by atoms with E-state index in [0.29, 0.717) is 0 Å². The summed E-state index contributed by atoms with van der Waals surface area (Å²) < 4.78 is 0. The van der Waals surface area contributed by atoms with Gasteiger partial charge in [-0.2, -0.15) is 0 Å². The zero-order chi connectivity index (χ0) is 17.8. The van der Waals surface area contributed by atoms with Crippen LogP contribution in [0.2, 0.25) is 0 Å². The van der Waals surface area contributed by atoms with Crippen molar-refractivity contribution in [3.63, 3.8) is 0 Å². The highest BCUT2D eigenvalue weighted by molar-refractivity contribution is 5.95. The van der Waals surface area contributed by atoms with E-state index in [0.717, 1.165) is 24.7 Å². The number of aliphatic imine (C=N–C) groups is 1. The monoisotopic (exact) mass is 341 g/mol. The van der Waals surface area contributed by atoms with Crippen molar-refractivity contribution in [2.75, 3.05) is 11.9 Å². The standard InChI is InChI=1S/C23H23N3/c1-17-8-7-11-19(14-17)21-16-25-23(24-15-18-9-3-2-4-10-18)26-22-13-6-5-12-20(21)22/h2-14,21H,15-16H2,1H3,(H2,24,25,26). The van der Waals surface area contributed by atoms with Gasteiger partial charge in [-0.15, -0.1) is 0 Å². The molecular weight excluding hydrogens is 318 g/mol. The Balaban J connectivity index is 1.61. The van der Waals surface area contributed by atoms with E-state index in [1.54, 1.807) is 0 Å². The van der Waals surface area contributed by atoms with Crippen LogP contribution in [0, 0.1) is 6.92 Å². The molecule has 4 rings (SSSR count). The van der Waals surface area contributed by atoms with Gasteiger partial charge in [0.2, 0.25) is 0 Å². The molecule has 2 N–H and O–H groups in total. The van der Waals surface area contributed by atoms with Gasteiger partial charge >= 0.3 is 0 Å². The normalized spacial score (nSPS) is 16.0. The Bertz CT molecular complexity index is 916. The lowest BCUT2D eigenvalue weighted by molar-refractivity contribution is 0.816. The van der Waals surface area contributed by atoms with Gasteiger partial charge in [0.05, 0.1) is 6.54 Å². The first-order chi connectivity index (χ1) is 12.8. The van der Waals surface area contributed by atoms with Crippen molar-refractivity contribution in [3.05, 3.63) is 101 Å². The molecule has 1 unspecified atom stereocenters. The first-order valence-corrected chi connectivity index (χ1v) is 9.04. The third-order valence-corrected chi connectivity index (χ3v) is 4.77. The average Bonchev–Trinajstić information content (AvgIpc) is 2.86. The Hall–Kier alpha value is -3.07. The zero-order valence-electron chi connectivity index (χ0n) is 14.9. The lowest BCUT2D eigenvalue weighted by atomic mass is 9.89. The molecule has 3 nitrogen and oxygen atoms in total. The number of benzene rings is 3. The van der Waals surface area contributed by atoms with E-state index in [1.165, 1.54) is 22.3 Å². The van der Waals surface area contributed by atoms with Crippen LogP contribution in [0.15, 0.2) is 83.9 Å². The maximum atomic E-state index is 4.83. The molecular formula is C23H23N3. The quantitative estimate of drug-likeness (QED) is 0.724. The molecule has 1 heterocycles. The summed E-state index contributed by atoms with van der Waals surface area (Å²) in [5.41, 5.74) is 6.25. The molecule has 0 aliphatic carbocycles. The highest BCUT2D eigenvalue weighted by Gasteiger charge is 2.21. The lowest BCUT2D eigenvalue weighted by Gasteiger charge is -2.17. The van der Waals surface area contributed by atoms with Crippen molar-refractivity contribution in [1.82, 2.24) is 5.32 Å². The smallest absolute Gasteiger partial charge is 0.196 e. The second kappa shape index (κ2) is 7.44. The summed E-state index contributed by atoms with van der Waals surface area (Å²) in [6.45, 7) is 3.62. The van der Waals surface area contributed by atoms with E-state index in [1.807, 2.05) is 6.07 Å². The van der Waals surface area contributed by atoms with Crippen LogP contribution in [0.4, 0.5) is 5.69 Å². The minimum atomic E-state index is 0.259. The fraction of sp³-hybridized carbons (Fsp3) is 0.174. The second-order valence-electron chi connectivity index (χ2n) is 6.71. The van der Waals surface area contributed by atoms with Gasteiger partial charge in [-0.25, -0.2) is 0 Å². The summed E-state index contributed by atoms with van der Waals surface area (Å²) in [5.74, 6) is 1.09. The van der Waals surface area contributed by atoms with Gasteiger partial charge in [0.1, 0.15) is 0 Å². The van der Waals surface area contributed by atoms with Crippen LogP contribution in [-0.4, -0.2) is 12.5 Å². The maximum absolute atomic E-state index is 4.83. The minimum Gasteiger partial charge on any atom is -0.352 e. The van der Waals surface area contributed by atoms with Gasteiger partial charge in [-0.05, 0) is 29.7 Å². The van der Waals surface area contributed by atoms with Crippen LogP contribution in [0.3, 0.4) is 0 Å². The summed E-state index contributed by atoms with van der Waals surface area (Å²) in [5, 5.41) is 6.92. The number of fused-ring (bicyclic) bond motifs is 1. The molecule has 1 aliphatic heterocycles. The molecule has 26 heavy (non-hydrogen) atoms. The number of aryl methyl sites for hydroxylation is 1. The Morgan fingerprint density at radius 1 is 0.962 bits per heavy atom. The molecule has 1 aliphatic rings. The van der Waals surface area contributed by atoms with Crippen molar-refractivity contribution in [2.24, 2.45) is 4.99 Å². The predicted octanol–water partition coefficient (Wildman–Crippen LogP) is 4.70. The SMILES string of the molecule is Cc1cccc(C2CN=C(NCc3ccccc3)Nc3ccccc32)c1. The van der Waals surface area contributed by atoms with Crippen LogP contribution in [0.1, 0.15) is 28.2 Å². The Morgan fingerprint density at radius 2 is 1.77 bits per heavy atom. The Labute approximate surface area is 154 Å². The van der Waals surface area contributed by atoms with Crippen molar-refractivity contribution in [2.45, 2.75) is 19.4 Å². The highest BCUT2D eigenvalue weighted by atomic mass is 15.2. The zero-order valence-corrected chi connectivity index (χ0v) is 14.9. The van der Waals surface area contributed by atoms with E-state index in [9.17, 15) is 0 Å². The van der Waals surface area contributed by atoms with Crippen molar-refractivity contribution in [1.29, 1.82) is 0 Å².